The van der Waals surface area contributed by atoms with Crippen LogP contribution in [0, 0.1) is 6.92 Å². The largest absolute Gasteiger partial charge is 0.491 e. The van der Waals surface area contributed by atoms with Crippen LogP contribution < -0.4 is 10.1 Å². The summed E-state index contributed by atoms with van der Waals surface area (Å²) in [7, 11) is 5.43. The third-order valence-corrected chi connectivity index (χ3v) is 4.76. The van der Waals surface area contributed by atoms with Crippen LogP contribution in [0.2, 0.25) is 0 Å². The van der Waals surface area contributed by atoms with E-state index in [-0.39, 0.29) is 18.6 Å². The highest BCUT2D eigenvalue weighted by molar-refractivity contribution is 5.84. The Bertz CT molecular complexity index is 642. The first kappa shape index (κ1) is 22.0. The van der Waals surface area contributed by atoms with E-state index in [9.17, 15) is 4.79 Å². The molecule has 7 heteroatoms. The maximum absolute atomic E-state index is 11.9. The van der Waals surface area contributed by atoms with Crippen LogP contribution in [0.5, 0.6) is 5.75 Å². The van der Waals surface area contributed by atoms with Gasteiger partial charge in [-0.15, -0.1) is 0 Å². The molecule has 7 nitrogen and oxygen atoms in total. The number of rotatable bonds is 8. The zero-order valence-electron chi connectivity index (χ0n) is 17.6. The molecular weight excluding hydrogens is 356 g/mol. The second-order valence-corrected chi connectivity index (χ2v) is 7.33. The molecule has 0 spiro atoms. The number of hydrogen-bond acceptors (Lipinski definition) is 4. The van der Waals surface area contributed by atoms with Crippen molar-refractivity contribution in [1.82, 2.24) is 15.1 Å². The molecule has 1 N–H and O–H groups in total. The first-order valence-corrected chi connectivity index (χ1v) is 9.97. The van der Waals surface area contributed by atoms with E-state index in [1.54, 1.807) is 19.0 Å². The molecule has 1 amide bonds. The molecule has 28 heavy (non-hydrogen) atoms. The molecule has 156 valence electrons. The Balaban J connectivity index is 1.90. The number of hydrogen-bond donors (Lipinski definition) is 1. The van der Waals surface area contributed by atoms with Gasteiger partial charge < -0.3 is 24.6 Å². The van der Waals surface area contributed by atoms with Gasteiger partial charge in [0, 0.05) is 34.3 Å². The molecular formula is C21H34N4O3. The number of aliphatic imine (C=N–C) groups is 1. The van der Waals surface area contributed by atoms with Crippen molar-refractivity contribution < 1.29 is 14.3 Å². The number of guanidine groups is 1. The predicted molar refractivity (Wildman–Crippen MR) is 112 cm³/mol. The number of nitrogens with one attached hydrogen (secondary N) is 1. The average Bonchev–Trinajstić information content (AvgIpc) is 2.69. The minimum atomic E-state index is -0.0298. The van der Waals surface area contributed by atoms with Crippen LogP contribution in [-0.4, -0.2) is 81.8 Å². The summed E-state index contributed by atoms with van der Waals surface area (Å²) in [6.07, 6.45) is 3.57. The Morgan fingerprint density at radius 3 is 2.75 bits per heavy atom. The number of carbonyl (C=O) groups is 1. The summed E-state index contributed by atoms with van der Waals surface area (Å²) in [6, 6.07) is 7.97. The summed E-state index contributed by atoms with van der Waals surface area (Å²) in [4.78, 5) is 20.0. The first-order chi connectivity index (χ1) is 13.5. The van der Waals surface area contributed by atoms with Crippen LogP contribution in [0.1, 0.15) is 24.8 Å². The number of carbonyl (C=O) groups excluding carboxylic acids is 1. The monoisotopic (exact) mass is 390 g/mol. The topological polar surface area (TPSA) is 66.4 Å². The number of aryl methyl sites for hydroxylation is 1. The number of likely N-dealkylation sites (N-methyl/N-ethyl adjacent to an activating group) is 2. The molecule has 0 radical (unpaired) electrons. The van der Waals surface area contributed by atoms with Crippen molar-refractivity contribution in [3.63, 3.8) is 0 Å². The van der Waals surface area contributed by atoms with Crippen LogP contribution in [0.4, 0.5) is 0 Å². The zero-order chi connectivity index (χ0) is 20.4. The van der Waals surface area contributed by atoms with Crippen molar-refractivity contribution in [3.8, 4) is 5.75 Å². The molecule has 1 heterocycles. The molecule has 0 bridgehead atoms. The van der Waals surface area contributed by atoms with E-state index in [2.05, 4.69) is 10.3 Å². The smallest absolute Gasteiger partial charge is 0.243 e. The molecule has 0 saturated carbocycles. The number of benzene rings is 1. The second kappa shape index (κ2) is 11.5. The minimum Gasteiger partial charge on any atom is -0.491 e. The quantitative estimate of drug-likeness (QED) is 0.543. The van der Waals surface area contributed by atoms with E-state index < -0.39 is 0 Å². The molecule has 1 aliphatic heterocycles. The minimum absolute atomic E-state index is 0.0298. The van der Waals surface area contributed by atoms with Crippen LogP contribution >= 0.6 is 0 Å². The molecule has 1 atom stereocenters. The van der Waals surface area contributed by atoms with E-state index in [1.165, 1.54) is 6.42 Å². The summed E-state index contributed by atoms with van der Waals surface area (Å²) < 4.78 is 11.7. The van der Waals surface area contributed by atoms with Gasteiger partial charge in [-0.3, -0.25) is 4.79 Å². The lowest BCUT2D eigenvalue weighted by atomic mass is 10.1. The molecule has 1 aliphatic rings. The van der Waals surface area contributed by atoms with E-state index in [0.29, 0.717) is 25.7 Å². The summed E-state index contributed by atoms with van der Waals surface area (Å²) >= 11 is 0. The van der Waals surface area contributed by atoms with Gasteiger partial charge in [0.25, 0.3) is 0 Å². The fourth-order valence-corrected chi connectivity index (χ4v) is 2.89. The molecule has 1 unspecified atom stereocenters. The van der Waals surface area contributed by atoms with Gasteiger partial charge in [-0.1, -0.05) is 18.2 Å². The SMILES string of the molecule is Cc1ccccc1OCCN(C)C(=NCC(=O)N(C)C)NCC1CCCCO1. The van der Waals surface area contributed by atoms with Gasteiger partial charge in [-0.05, 0) is 37.8 Å². The maximum Gasteiger partial charge on any atom is 0.243 e. The number of para-hydroxylation sites is 1. The Hall–Kier alpha value is -2.28. The molecule has 2 rings (SSSR count). The Labute approximate surface area is 168 Å². The van der Waals surface area contributed by atoms with Crippen LogP contribution in [0.15, 0.2) is 29.3 Å². The van der Waals surface area contributed by atoms with Gasteiger partial charge in [0.05, 0.1) is 12.6 Å². The lowest BCUT2D eigenvalue weighted by Gasteiger charge is -2.27. The molecule has 1 aromatic rings. The van der Waals surface area contributed by atoms with E-state index >= 15 is 0 Å². The van der Waals surface area contributed by atoms with Gasteiger partial charge >= 0.3 is 0 Å². The maximum atomic E-state index is 11.9. The predicted octanol–water partition coefficient (Wildman–Crippen LogP) is 1.91. The van der Waals surface area contributed by atoms with Gasteiger partial charge in [0.1, 0.15) is 18.9 Å². The fraction of sp³-hybridized carbons (Fsp3) is 0.619. The highest BCUT2D eigenvalue weighted by Gasteiger charge is 2.16. The molecule has 0 aromatic heterocycles. The van der Waals surface area contributed by atoms with Crippen molar-refractivity contribution in [2.75, 3.05) is 54.0 Å². The number of ether oxygens (including phenoxy) is 2. The number of amides is 1. The van der Waals surface area contributed by atoms with Crippen molar-refractivity contribution in [1.29, 1.82) is 0 Å². The summed E-state index contributed by atoms with van der Waals surface area (Å²) in [6.45, 7) is 4.84. The van der Waals surface area contributed by atoms with Crippen molar-refractivity contribution >= 4 is 11.9 Å². The first-order valence-electron chi connectivity index (χ1n) is 9.97. The van der Waals surface area contributed by atoms with E-state index in [4.69, 9.17) is 9.47 Å². The third kappa shape index (κ3) is 7.38. The second-order valence-electron chi connectivity index (χ2n) is 7.33. The lowest BCUT2D eigenvalue weighted by molar-refractivity contribution is -0.127. The molecule has 1 fully saturated rings. The highest BCUT2D eigenvalue weighted by atomic mass is 16.5. The van der Waals surface area contributed by atoms with Crippen LogP contribution in [0.25, 0.3) is 0 Å². The van der Waals surface area contributed by atoms with Crippen LogP contribution in [0.3, 0.4) is 0 Å². The normalized spacial score (nSPS) is 17.1. The van der Waals surface area contributed by atoms with Gasteiger partial charge in [0.15, 0.2) is 5.96 Å². The lowest BCUT2D eigenvalue weighted by Crippen LogP contribution is -2.45. The van der Waals surface area contributed by atoms with Crippen LogP contribution in [-0.2, 0) is 9.53 Å². The van der Waals surface area contributed by atoms with Crippen molar-refractivity contribution in [3.05, 3.63) is 29.8 Å². The molecule has 1 aromatic carbocycles. The Kier molecular flexibility index (Phi) is 9.07. The van der Waals surface area contributed by atoms with Gasteiger partial charge in [0.2, 0.25) is 5.91 Å². The zero-order valence-corrected chi connectivity index (χ0v) is 17.6. The van der Waals surface area contributed by atoms with Crippen molar-refractivity contribution in [2.24, 2.45) is 4.99 Å². The third-order valence-electron chi connectivity index (χ3n) is 4.76. The molecule has 1 saturated heterocycles. The average molecular weight is 391 g/mol. The molecule has 0 aliphatic carbocycles. The van der Waals surface area contributed by atoms with Gasteiger partial charge in [-0.2, -0.15) is 0 Å². The standard InChI is InChI=1S/C21H34N4O3/c1-17-9-5-6-11-19(17)28-14-12-25(4)21(23-16-20(26)24(2)3)22-15-18-10-7-8-13-27-18/h5-6,9,11,18H,7-8,10,12-16H2,1-4H3,(H,22,23). The summed E-state index contributed by atoms with van der Waals surface area (Å²) in [5.41, 5.74) is 1.11. The van der Waals surface area contributed by atoms with Gasteiger partial charge in [-0.25, -0.2) is 4.99 Å². The summed E-state index contributed by atoms with van der Waals surface area (Å²) in [5, 5.41) is 3.37. The van der Waals surface area contributed by atoms with E-state index in [1.807, 2.05) is 43.1 Å². The highest BCUT2D eigenvalue weighted by Crippen LogP contribution is 2.16. The summed E-state index contributed by atoms with van der Waals surface area (Å²) in [5.74, 6) is 1.55. The van der Waals surface area contributed by atoms with E-state index in [0.717, 1.165) is 30.8 Å². The Morgan fingerprint density at radius 1 is 1.29 bits per heavy atom. The Morgan fingerprint density at radius 2 is 2.07 bits per heavy atom. The van der Waals surface area contributed by atoms with Crippen molar-refractivity contribution in [2.45, 2.75) is 32.3 Å². The fourth-order valence-electron chi connectivity index (χ4n) is 2.89. The number of nitrogens with zero attached hydrogens (tertiary/aromatic N) is 3.